The Kier molecular flexibility index (Phi) is 4.65. The van der Waals surface area contributed by atoms with Crippen molar-refractivity contribution < 1.29 is 9.13 Å². The standard InChI is InChI=1S/C14H15FN2OS/c15-13-8-10(14(16)17)3-4-11(13)9-18-6-5-12-2-1-7-19-12/h1-4,7-8H,5-6,9H2,(H3,16,17). The minimum absolute atomic E-state index is 0.135. The molecule has 0 spiro atoms. The van der Waals surface area contributed by atoms with Gasteiger partial charge in [-0.15, -0.1) is 11.3 Å². The first-order valence-electron chi connectivity index (χ1n) is 5.90. The summed E-state index contributed by atoms with van der Waals surface area (Å²) in [4.78, 5) is 1.26. The van der Waals surface area contributed by atoms with E-state index in [0.29, 0.717) is 17.7 Å². The number of hydrogen-bond donors (Lipinski definition) is 2. The Morgan fingerprint density at radius 2 is 2.21 bits per heavy atom. The van der Waals surface area contributed by atoms with Gasteiger partial charge in [-0.3, -0.25) is 5.41 Å². The van der Waals surface area contributed by atoms with Crippen molar-refractivity contribution in [3.05, 3.63) is 57.5 Å². The number of ether oxygens (including phenoxy) is 1. The zero-order chi connectivity index (χ0) is 13.7. The molecule has 1 heterocycles. The Balaban J connectivity index is 1.84. The van der Waals surface area contributed by atoms with E-state index < -0.39 is 0 Å². The van der Waals surface area contributed by atoms with Crippen molar-refractivity contribution in [3.63, 3.8) is 0 Å². The molecule has 1 aromatic carbocycles. The summed E-state index contributed by atoms with van der Waals surface area (Å²) >= 11 is 1.69. The van der Waals surface area contributed by atoms with Crippen LogP contribution in [0, 0.1) is 11.2 Å². The maximum Gasteiger partial charge on any atom is 0.129 e. The summed E-state index contributed by atoms with van der Waals surface area (Å²) in [5.41, 5.74) is 6.17. The predicted octanol–water partition coefficient (Wildman–Crippen LogP) is 2.93. The highest BCUT2D eigenvalue weighted by Gasteiger charge is 2.05. The van der Waals surface area contributed by atoms with Crippen LogP contribution >= 0.6 is 11.3 Å². The van der Waals surface area contributed by atoms with E-state index >= 15 is 0 Å². The summed E-state index contributed by atoms with van der Waals surface area (Å²) in [6.45, 7) is 0.795. The molecule has 0 aliphatic carbocycles. The van der Waals surface area contributed by atoms with E-state index in [1.807, 2.05) is 11.4 Å². The lowest BCUT2D eigenvalue weighted by molar-refractivity contribution is 0.122. The first-order chi connectivity index (χ1) is 9.16. The largest absolute Gasteiger partial charge is 0.384 e. The number of nitrogens with one attached hydrogen (secondary N) is 1. The van der Waals surface area contributed by atoms with E-state index in [4.69, 9.17) is 15.9 Å². The third-order valence-electron chi connectivity index (χ3n) is 2.69. The van der Waals surface area contributed by atoms with Crippen molar-refractivity contribution >= 4 is 17.2 Å². The van der Waals surface area contributed by atoms with E-state index in [2.05, 4.69) is 6.07 Å². The molecule has 19 heavy (non-hydrogen) atoms. The monoisotopic (exact) mass is 278 g/mol. The van der Waals surface area contributed by atoms with E-state index in [-0.39, 0.29) is 18.3 Å². The zero-order valence-corrected chi connectivity index (χ0v) is 11.2. The number of hydrogen-bond acceptors (Lipinski definition) is 3. The van der Waals surface area contributed by atoms with Crippen molar-refractivity contribution in [1.29, 1.82) is 5.41 Å². The maximum absolute atomic E-state index is 13.7. The molecule has 1 aromatic heterocycles. The van der Waals surface area contributed by atoms with Gasteiger partial charge in [0.25, 0.3) is 0 Å². The highest BCUT2D eigenvalue weighted by molar-refractivity contribution is 7.09. The highest BCUT2D eigenvalue weighted by atomic mass is 32.1. The topological polar surface area (TPSA) is 59.1 Å². The lowest BCUT2D eigenvalue weighted by Crippen LogP contribution is -2.11. The van der Waals surface area contributed by atoms with Gasteiger partial charge < -0.3 is 10.5 Å². The van der Waals surface area contributed by atoms with Crippen molar-refractivity contribution in [2.24, 2.45) is 5.73 Å². The normalized spacial score (nSPS) is 10.6. The fourth-order valence-electron chi connectivity index (χ4n) is 1.64. The Morgan fingerprint density at radius 1 is 1.37 bits per heavy atom. The summed E-state index contributed by atoms with van der Waals surface area (Å²) in [6, 6.07) is 8.55. The Morgan fingerprint density at radius 3 is 2.84 bits per heavy atom. The number of amidine groups is 1. The zero-order valence-electron chi connectivity index (χ0n) is 10.4. The van der Waals surface area contributed by atoms with Crippen LogP contribution in [0.3, 0.4) is 0 Å². The third-order valence-corrected chi connectivity index (χ3v) is 3.63. The summed E-state index contributed by atoms with van der Waals surface area (Å²) in [5.74, 6) is -0.520. The SMILES string of the molecule is N=C(N)c1ccc(COCCc2cccs2)c(F)c1. The third kappa shape index (κ3) is 3.87. The van der Waals surface area contributed by atoms with Gasteiger partial charge in [-0.05, 0) is 17.5 Å². The minimum Gasteiger partial charge on any atom is -0.384 e. The van der Waals surface area contributed by atoms with Gasteiger partial charge >= 0.3 is 0 Å². The first kappa shape index (κ1) is 13.7. The van der Waals surface area contributed by atoms with Crippen molar-refractivity contribution in [2.45, 2.75) is 13.0 Å². The van der Waals surface area contributed by atoms with Crippen LogP contribution in [0.5, 0.6) is 0 Å². The predicted molar refractivity (Wildman–Crippen MR) is 75.1 cm³/mol. The minimum atomic E-state index is -0.385. The van der Waals surface area contributed by atoms with E-state index in [1.165, 1.54) is 10.9 Å². The molecule has 0 saturated heterocycles. The van der Waals surface area contributed by atoms with Gasteiger partial charge in [0, 0.05) is 22.4 Å². The van der Waals surface area contributed by atoms with E-state index in [0.717, 1.165) is 6.42 Å². The molecule has 0 saturated carbocycles. The highest BCUT2D eigenvalue weighted by Crippen LogP contribution is 2.13. The molecular formula is C14H15FN2OS. The van der Waals surface area contributed by atoms with Gasteiger partial charge in [0.1, 0.15) is 11.7 Å². The van der Waals surface area contributed by atoms with Gasteiger partial charge in [-0.25, -0.2) is 4.39 Å². The van der Waals surface area contributed by atoms with E-state index in [9.17, 15) is 4.39 Å². The number of nitrogen functional groups attached to an aromatic ring is 1. The molecule has 0 aliphatic heterocycles. The fourth-order valence-corrected chi connectivity index (χ4v) is 2.33. The van der Waals surface area contributed by atoms with Crippen LogP contribution in [-0.4, -0.2) is 12.4 Å². The lowest BCUT2D eigenvalue weighted by Gasteiger charge is -2.06. The van der Waals surface area contributed by atoms with Crippen LogP contribution in [-0.2, 0) is 17.8 Å². The maximum atomic E-state index is 13.7. The molecule has 3 N–H and O–H groups in total. The number of benzene rings is 1. The first-order valence-corrected chi connectivity index (χ1v) is 6.77. The van der Waals surface area contributed by atoms with Crippen LogP contribution in [0.15, 0.2) is 35.7 Å². The van der Waals surface area contributed by atoms with Crippen LogP contribution in [0.1, 0.15) is 16.0 Å². The molecule has 2 aromatic rings. The smallest absolute Gasteiger partial charge is 0.129 e. The second-order valence-electron chi connectivity index (χ2n) is 4.10. The fraction of sp³-hybridized carbons (Fsp3) is 0.214. The van der Waals surface area contributed by atoms with Gasteiger partial charge in [0.15, 0.2) is 0 Å². The molecular weight excluding hydrogens is 263 g/mol. The molecule has 3 nitrogen and oxygen atoms in total. The molecule has 2 rings (SSSR count). The number of rotatable bonds is 6. The Labute approximate surface area is 115 Å². The number of thiophene rings is 1. The average molecular weight is 278 g/mol. The summed E-state index contributed by atoms with van der Waals surface area (Å²) in [5, 5.41) is 9.25. The van der Waals surface area contributed by atoms with Gasteiger partial charge in [-0.2, -0.15) is 0 Å². The molecule has 0 aliphatic rings. The van der Waals surface area contributed by atoms with Crippen LogP contribution < -0.4 is 5.73 Å². The molecule has 100 valence electrons. The van der Waals surface area contributed by atoms with Gasteiger partial charge in [-0.1, -0.05) is 18.2 Å². The Hall–Kier alpha value is -1.72. The Bertz CT molecular complexity index is 555. The quantitative estimate of drug-likeness (QED) is 0.485. The van der Waals surface area contributed by atoms with Crippen molar-refractivity contribution in [3.8, 4) is 0 Å². The molecule has 0 amide bonds. The van der Waals surface area contributed by atoms with E-state index in [1.54, 1.807) is 23.5 Å². The summed E-state index contributed by atoms with van der Waals surface area (Å²) in [6.07, 6.45) is 0.838. The second-order valence-corrected chi connectivity index (χ2v) is 5.13. The summed E-state index contributed by atoms with van der Waals surface area (Å²) in [7, 11) is 0. The van der Waals surface area contributed by atoms with Crippen LogP contribution in [0.4, 0.5) is 4.39 Å². The molecule has 0 fully saturated rings. The second kappa shape index (κ2) is 6.45. The number of nitrogens with two attached hydrogens (primary N) is 1. The van der Waals surface area contributed by atoms with Crippen LogP contribution in [0.2, 0.25) is 0 Å². The van der Waals surface area contributed by atoms with Crippen LogP contribution in [0.25, 0.3) is 0 Å². The van der Waals surface area contributed by atoms with Gasteiger partial charge in [0.05, 0.1) is 13.2 Å². The molecule has 0 unspecified atom stereocenters. The molecule has 0 atom stereocenters. The molecule has 5 heteroatoms. The summed E-state index contributed by atoms with van der Waals surface area (Å²) < 4.78 is 19.1. The molecule has 0 bridgehead atoms. The average Bonchev–Trinajstić information content (AvgIpc) is 2.89. The number of halogens is 1. The van der Waals surface area contributed by atoms with Gasteiger partial charge in [0.2, 0.25) is 0 Å². The lowest BCUT2D eigenvalue weighted by atomic mass is 10.1. The molecule has 0 radical (unpaired) electrons. The van der Waals surface area contributed by atoms with Crippen molar-refractivity contribution in [1.82, 2.24) is 0 Å². The van der Waals surface area contributed by atoms with Crippen molar-refractivity contribution in [2.75, 3.05) is 6.61 Å².